The Labute approximate surface area is 121 Å². The van der Waals surface area contributed by atoms with E-state index in [1.807, 2.05) is 0 Å². The van der Waals surface area contributed by atoms with Crippen LogP contribution in [-0.4, -0.2) is 19.2 Å². The van der Waals surface area contributed by atoms with Gasteiger partial charge < -0.3 is 20.2 Å². The molecule has 0 unspecified atom stereocenters. The molecular weight excluding hydrogens is 280 g/mol. The quantitative estimate of drug-likeness (QED) is 0.581. The van der Waals surface area contributed by atoms with Crippen molar-refractivity contribution >= 4 is 28.8 Å². The lowest BCUT2D eigenvalue weighted by Crippen LogP contribution is -2.08. The van der Waals surface area contributed by atoms with Crippen molar-refractivity contribution in [3.8, 4) is 11.5 Å². The summed E-state index contributed by atoms with van der Waals surface area (Å²) in [4.78, 5) is 4.04. The Bertz CT molecular complexity index is 607. The molecule has 0 bridgehead atoms. The summed E-state index contributed by atoms with van der Waals surface area (Å²) >= 11 is 6.06. The number of benzene rings is 1. The minimum Gasteiger partial charge on any atom is -0.495 e. The summed E-state index contributed by atoms with van der Waals surface area (Å²) in [6, 6.07) is 7.02. The van der Waals surface area contributed by atoms with Gasteiger partial charge in [0.05, 0.1) is 24.9 Å². The van der Waals surface area contributed by atoms with Crippen molar-refractivity contribution in [2.45, 2.75) is 0 Å². The van der Waals surface area contributed by atoms with Gasteiger partial charge in [0.2, 0.25) is 0 Å². The fourth-order valence-electron chi connectivity index (χ4n) is 1.70. The molecule has 0 saturated heterocycles. The summed E-state index contributed by atoms with van der Waals surface area (Å²) in [5.41, 5.74) is 4.01. The smallest absolute Gasteiger partial charge is 0.144 e. The van der Waals surface area contributed by atoms with Crippen molar-refractivity contribution in [2.24, 2.45) is 5.84 Å². The molecule has 0 atom stereocenters. The van der Waals surface area contributed by atoms with Gasteiger partial charge in [-0.05, 0) is 6.07 Å². The molecule has 6 nitrogen and oxygen atoms in total. The number of methoxy groups -OCH3 is 2. The van der Waals surface area contributed by atoms with Crippen LogP contribution in [0.4, 0.5) is 17.2 Å². The summed E-state index contributed by atoms with van der Waals surface area (Å²) < 4.78 is 10.5. The van der Waals surface area contributed by atoms with Gasteiger partial charge in [-0.3, -0.25) is 0 Å². The van der Waals surface area contributed by atoms with E-state index in [2.05, 4.69) is 15.7 Å². The van der Waals surface area contributed by atoms with Crippen molar-refractivity contribution in [1.29, 1.82) is 0 Å². The fourth-order valence-corrected chi connectivity index (χ4v) is 1.93. The Morgan fingerprint density at radius 2 is 1.90 bits per heavy atom. The van der Waals surface area contributed by atoms with Crippen LogP contribution in [0.3, 0.4) is 0 Å². The van der Waals surface area contributed by atoms with Gasteiger partial charge in [-0.2, -0.15) is 0 Å². The number of nitrogens with one attached hydrogen (secondary N) is 2. The van der Waals surface area contributed by atoms with Crippen molar-refractivity contribution in [3.63, 3.8) is 0 Å². The first-order chi connectivity index (χ1) is 9.67. The predicted molar refractivity (Wildman–Crippen MR) is 79.9 cm³/mol. The molecule has 2 aromatic rings. The summed E-state index contributed by atoms with van der Waals surface area (Å²) in [5, 5.41) is 3.68. The second-order valence-electron chi connectivity index (χ2n) is 3.89. The van der Waals surface area contributed by atoms with Crippen molar-refractivity contribution < 1.29 is 9.47 Å². The maximum atomic E-state index is 6.06. The molecule has 0 aliphatic heterocycles. The third-order valence-electron chi connectivity index (χ3n) is 2.66. The number of anilines is 3. The monoisotopic (exact) mass is 294 g/mol. The van der Waals surface area contributed by atoms with Crippen LogP contribution in [0.1, 0.15) is 0 Å². The van der Waals surface area contributed by atoms with Crippen LogP contribution in [0.25, 0.3) is 0 Å². The van der Waals surface area contributed by atoms with Crippen LogP contribution in [0.2, 0.25) is 5.02 Å². The van der Waals surface area contributed by atoms with Gasteiger partial charge in [-0.1, -0.05) is 11.6 Å². The third kappa shape index (κ3) is 3.04. The Kier molecular flexibility index (Phi) is 4.49. The van der Waals surface area contributed by atoms with E-state index in [0.717, 1.165) is 11.4 Å². The molecular formula is C13H15ClN4O2. The van der Waals surface area contributed by atoms with Crippen LogP contribution in [-0.2, 0) is 0 Å². The summed E-state index contributed by atoms with van der Waals surface area (Å²) in [6.45, 7) is 0. The largest absolute Gasteiger partial charge is 0.495 e. The van der Waals surface area contributed by atoms with Crippen LogP contribution >= 0.6 is 11.6 Å². The molecule has 7 heteroatoms. The molecule has 4 N–H and O–H groups in total. The van der Waals surface area contributed by atoms with Crippen molar-refractivity contribution in [3.05, 3.63) is 35.5 Å². The number of nitrogens with two attached hydrogens (primary N) is 1. The van der Waals surface area contributed by atoms with E-state index in [4.69, 9.17) is 26.9 Å². The number of ether oxygens (including phenoxy) is 2. The predicted octanol–water partition coefficient (Wildman–Crippen LogP) is 2.78. The van der Waals surface area contributed by atoms with E-state index in [9.17, 15) is 0 Å². The fraction of sp³-hybridized carbons (Fsp3) is 0.154. The molecule has 106 valence electrons. The lowest BCUT2D eigenvalue weighted by atomic mass is 10.2. The van der Waals surface area contributed by atoms with E-state index in [1.165, 1.54) is 0 Å². The zero-order valence-electron chi connectivity index (χ0n) is 11.1. The normalized spacial score (nSPS) is 10.0. The van der Waals surface area contributed by atoms with Crippen LogP contribution < -0.4 is 26.1 Å². The number of nitrogens with zero attached hydrogens (tertiary/aromatic N) is 1. The van der Waals surface area contributed by atoms with Crippen molar-refractivity contribution in [1.82, 2.24) is 4.98 Å². The number of rotatable bonds is 5. The van der Waals surface area contributed by atoms with E-state index >= 15 is 0 Å². The summed E-state index contributed by atoms with van der Waals surface area (Å²) in [7, 11) is 3.13. The first-order valence-corrected chi connectivity index (χ1v) is 6.17. The average Bonchev–Trinajstić information content (AvgIpc) is 2.48. The molecule has 0 spiro atoms. The number of pyridine rings is 1. The number of halogens is 1. The van der Waals surface area contributed by atoms with Crippen LogP contribution in [0.5, 0.6) is 11.5 Å². The Morgan fingerprint density at radius 1 is 1.15 bits per heavy atom. The number of hydrogen-bond acceptors (Lipinski definition) is 6. The number of nitrogen functional groups attached to an aromatic ring is 1. The Balaban J connectivity index is 2.36. The van der Waals surface area contributed by atoms with E-state index in [-0.39, 0.29) is 0 Å². The van der Waals surface area contributed by atoms with Gasteiger partial charge in [0, 0.05) is 30.1 Å². The maximum absolute atomic E-state index is 6.06. The highest BCUT2D eigenvalue weighted by Crippen LogP contribution is 2.37. The van der Waals surface area contributed by atoms with Gasteiger partial charge in [0.15, 0.2) is 0 Å². The third-order valence-corrected chi connectivity index (χ3v) is 2.96. The lowest BCUT2D eigenvalue weighted by Gasteiger charge is -2.14. The van der Waals surface area contributed by atoms with E-state index < -0.39 is 0 Å². The van der Waals surface area contributed by atoms with Gasteiger partial charge in [0.25, 0.3) is 0 Å². The molecule has 2 rings (SSSR count). The van der Waals surface area contributed by atoms with Crippen LogP contribution in [0, 0.1) is 0 Å². The van der Waals surface area contributed by atoms with Crippen molar-refractivity contribution in [2.75, 3.05) is 25.0 Å². The summed E-state index contributed by atoms with van der Waals surface area (Å²) in [5.74, 6) is 7.05. The first kappa shape index (κ1) is 14.2. The molecule has 0 radical (unpaired) electrons. The maximum Gasteiger partial charge on any atom is 0.144 e. The van der Waals surface area contributed by atoms with Crippen LogP contribution in [0.15, 0.2) is 30.5 Å². The van der Waals surface area contributed by atoms with E-state index in [0.29, 0.717) is 22.3 Å². The molecule has 0 aliphatic rings. The molecule has 20 heavy (non-hydrogen) atoms. The number of aromatic nitrogens is 1. The molecule has 1 aromatic heterocycles. The van der Waals surface area contributed by atoms with E-state index in [1.54, 1.807) is 44.7 Å². The minimum absolute atomic E-state index is 0.481. The molecule has 0 saturated carbocycles. The number of hydrazine groups is 1. The second-order valence-corrected chi connectivity index (χ2v) is 4.29. The minimum atomic E-state index is 0.481. The molecule has 0 amide bonds. The SMILES string of the molecule is COc1cc(Nc2ccnc(NN)c2)c(OC)cc1Cl. The average molecular weight is 295 g/mol. The van der Waals surface area contributed by atoms with Gasteiger partial charge >= 0.3 is 0 Å². The van der Waals surface area contributed by atoms with Gasteiger partial charge in [-0.15, -0.1) is 0 Å². The standard InChI is InChI=1S/C13H15ClN4O2/c1-19-11-7-10(12(20-2)6-9(11)14)17-8-3-4-16-13(5-8)18-15/h3-7H,15H2,1-2H3,(H2,16,17,18). The number of hydrogen-bond donors (Lipinski definition) is 3. The second kappa shape index (κ2) is 6.31. The Morgan fingerprint density at radius 3 is 2.55 bits per heavy atom. The molecule has 1 aromatic carbocycles. The molecule has 0 aliphatic carbocycles. The summed E-state index contributed by atoms with van der Waals surface area (Å²) in [6.07, 6.45) is 1.64. The first-order valence-electron chi connectivity index (χ1n) is 5.79. The highest BCUT2D eigenvalue weighted by atomic mass is 35.5. The highest BCUT2D eigenvalue weighted by Gasteiger charge is 2.10. The zero-order chi connectivity index (χ0) is 14.5. The molecule has 0 fully saturated rings. The molecule has 1 heterocycles. The van der Waals surface area contributed by atoms with Gasteiger partial charge in [-0.25, -0.2) is 10.8 Å². The highest BCUT2D eigenvalue weighted by molar-refractivity contribution is 6.32. The topological polar surface area (TPSA) is 81.4 Å². The zero-order valence-corrected chi connectivity index (χ0v) is 11.9. The van der Waals surface area contributed by atoms with Gasteiger partial charge in [0.1, 0.15) is 17.3 Å². The Hall–Kier alpha value is -2.18. The lowest BCUT2D eigenvalue weighted by molar-refractivity contribution is 0.405.